The van der Waals surface area contributed by atoms with Gasteiger partial charge in [-0.2, -0.15) is 5.10 Å². The second-order valence-corrected chi connectivity index (χ2v) is 9.21. The van der Waals surface area contributed by atoms with Crippen LogP contribution in [0.1, 0.15) is 55.1 Å². The van der Waals surface area contributed by atoms with Crippen molar-refractivity contribution in [1.29, 1.82) is 0 Å². The van der Waals surface area contributed by atoms with Gasteiger partial charge in [0.1, 0.15) is 5.75 Å². The fourth-order valence-corrected chi connectivity index (χ4v) is 4.80. The van der Waals surface area contributed by atoms with E-state index in [1.165, 1.54) is 10.9 Å². The largest absolute Gasteiger partial charge is 0.497 e. The van der Waals surface area contributed by atoms with E-state index in [0.29, 0.717) is 18.3 Å². The van der Waals surface area contributed by atoms with Crippen LogP contribution in [0.25, 0.3) is 10.9 Å². The quantitative estimate of drug-likeness (QED) is 0.632. The van der Waals surface area contributed by atoms with Gasteiger partial charge in [0.05, 0.1) is 19.2 Å². The van der Waals surface area contributed by atoms with Crippen molar-refractivity contribution in [1.82, 2.24) is 19.7 Å². The first-order valence-corrected chi connectivity index (χ1v) is 11.3. The van der Waals surface area contributed by atoms with Crippen molar-refractivity contribution in [2.45, 2.75) is 59.4 Å². The molecular formula is C25H34N4O2. The van der Waals surface area contributed by atoms with Crippen LogP contribution in [-0.2, 0) is 17.8 Å². The van der Waals surface area contributed by atoms with Crippen LogP contribution in [0.3, 0.4) is 0 Å². The van der Waals surface area contributed by atoms with E-state index in [9.17, 15) is 4.79 Å². The highest BCUT2D eigenvalue weighted by molar-refractivity contribution is 5.85. The Bertz CT molecular complexity index is 1070. The van der Waals surface area contributed by atoms with E-state index in [4.69, 9.17) is 4.74 Å². The zero-order valence-electron chi connectivity index (χ0n) is 19.4. The molecule has 3 aromatic rings. The Hall–Kier alpha value is -2.76. The minimum atomic E-state index is 0.217. The number of fused-ring (bicyclic) bond motifs is 1. The van der Waals surface area contributed by atoms with Crippen molar-refractivity contribution >= 4 is 16.8 Å². The van der Waals surface area contributed by atoms with Gasteiger partial charge in [0.2, 0.25) is 5.91 Å². The molecule has 3 heterocycles. The highest BCUT2D eigenvalue weighted by Crippen LogP contribution is 2.35. The number of hydrogen-bond donors (Lipinski definition) is 1. The van der Waals surface area contributed by atoms with E-state index in [1.54, 1.807) is 7.11 Å². The number of piperidine rings is 1. The Morgan fingerprint density at radius 1 is 1.26 bits per heavy atom. The van der Waals surface area contributed by atoms with Gasteiger partial charge in [-0.15, -0.1) is 0 Å². The molecule has 1 aliphatic rings. The molecule has 0 bridgehead atoms. The van der Waals surface area contributed by atoms with Gasteiger partial charge in [0.15, 0.2) is 0 Å². The molecule has 31 heavy (non-hydrogen) atoms. The van der Waals surface area contributed by atoms with Gasteiger partial charge in [-0.25, -0.2) is 0 Å². The summed E-state index contributed by atoms with van der Waals surface area (Å²) in [5.74, 6) is 2.09. The van der Waals surface area contributed by atoms with Gasteiger partial charge in [0, 0.05) is 48.0 Å². The summed E-state index contributed by atoms with van der Waals surface area (Å²) in [5.41, 5.74) is 5.68. The molecule has 4 rings (SSSR count). The lowest BCUT2D eigenvalue weighted by Crippen LogP contribution is -2.38. The molecule has 1 aromatic carbocycles. The number of aryl methyl sites for hydroxylation is 1. The summed E-state index contributed by atoms with van der Waals surface area (Å²) in [6, 6.07) is 6.16. The van der Waals surface area contributed by atoms with Gasteiger partial charge in [-0.1, -0.05) is 13.8 Å². The average Bonchev–Trinajstić information content (AvgIpc) is 3.29. The summed E-state index contributed by atoms with van der Waals surface area (Å²) in [7, 11) is 1.70. The number of hydrogen-bond acceptors (Lipinski definition) is 3. The average molecular weight is 423 g/mol. The molecule has 1 fully saturated rings. The molecule has 0 unspecified atom stereocenters. The highest BCUT2D eigenvalue weighted by Gasteiger charge is 2.27. The predicted octanol–water partition coefficient (Wildman–Crippen LogP) is 4.59. The molecule has 166 valence electrons. The number of aromatic amines is 1. The molecule has 0 aliphatic carbocycles. The van der Waals surface area contributed by atoms with Gasteiger partial charge in [0.25, 0.3) is 0 Å². The van der Waals surface area contributed by atoms with E-state index in [-0.39, 0.29) is 5.91 Å². The van der Waals surface area contributed by atoms with Gasteiger partial charge < -0.3 is 14.6 Å². The topological polar surface area (TPSA) is 63.1 Å². The monoisotopic (exact) mass is 422 g/mol. The highest BCUT2D eigenvalue weighted by atomic mass is 16.5. The molecule has 1 aliphatic heterocycles. The van der Waals surface area contributed by atoms with Crippen LogP contribution in [0.4, 0.5) is 0 Å². The maximum Gasteiger partial charge on any atom is 0.227 e. The van der Waals surface area contributed by atoms with Gasteiger partial charge in [-0.3, -0.25) is 9.48 Å². The minimum Gasteiger partial charge on any atom is -0.497 e. The van der Waals surface area contributed by atoms with Crippen molar-refractivity contribution in [2.75, 3.05) is 20.2 Å². The van der Waals surface area contributed by atoms with E-state index in [1.807, 2.05) is 17.9 Å². The first-order chi connectivity index (χ1) is 14.9. The number of ether oxygens (including phenoxy) is 1. The SMILES string of the molecule is COc1ccc2[nH]cc(C3CCN(C(=O)Cc4c(C)nn(CC(C)C)c4C)CC3)c2c1. The number of aromatic nitrogens is 3. The number of nitrogens with zero attached hydrogens (tertiary/aromatic N) is 3. The van der Waals surface area contributed by atoms with Gasteiger partial charge >= 0.3 is 0 Å². The number of carbonyl (C=O) groups is 1. The number of nitrogens with one attached hydrogen (secondary N) is 1. The summed E-state index contributed by atoms with van der Waals surface area (Å²) in [6.07, 6.45) is 4.55. The van der Waals surface area contributed by atoms with Crippen LogP contribution in [0.15, 0.2) is 24.4 Å². The summed E-state index contributed by atoms with van der Waals surface area (Å²) < 4.78 is 7.46. The maximum absolute atomic E-state index is 13.1. The molecule has 0 spiro atoms. The Morgan fingerprint density at radius 2 is 2.00 bits per heavy atom. The second-order valence-electron chi connectivity index (χ2n) is 9.21. The second kappa shape index (κ2) is 8.77. The first-order valence-electron chi connectivity index (χ1n) is 11.3. The van der Waals surface area contributed by atoms with Crippen molar-refractivity contribution in [3.05, 3.63) is 46.9 Å². The molecule has 6 nitrogen and oxygen atoms in total. The zero-order valence-corrected chi connectivity index (χ0v) is 19.4. The molecule has 1 saturated heterocycles. The Labute approximate surface area is 184 Å². The third-order valence-electron chi connectivity index (χ3n) is 6.61. The minimum absolute atomic E-state index is 0.217. The summed E-state index contributed by atoms with van der Waals surface area (Å²) in [6.45, 7) is 11.0. The van der Waals surface area contributed by atoms with Crippen LogP contribution < -0.4 is 4.74 Å². The number of H-pyrrole nitrogens is 1. The van der Waals surface area contributed by atoms with Crippen molar-refractivity contribution in [2.24, 2.45) is 5.92 Å². The number of carbonyl (C=O) groups excluding carboxylic acids is 1. The Balaban J connectivity index is 1.41. The zero-order chi connectivity index (χ0) is 22.1. The lowest BCUT2D eigenvalue weighted by atomic mass is 9.89. The maximum atomic E-state index is 13.1. The molecule has 0 radical (unpaired) electrons. The molecular weight excluding hydrogens is 388 g/mol. The van der Waals surface area contributed by atoms with Gasteiger partial charge in [-0.05, 0) is 62.3 Å². The van der Waals surface area contributed by atoms with Crippen molar-refractivity contribution in [3.8, 4) is 5.75 Å². The van der Waals surface area contributed by atoms with Crippen LogP contribution in [0.5, 0.6) is 5.75 Å². The van der Waals surface area contributed by atoms with E-state index >= 15 is 0 Å². The fraction of sp³-hybridized carbons (Fsp3) is 0.520. The molecule has 0 atom stereocenters. The van der Waals surface area contributed by atoms with Crippen LogP contribution in [0.2, 0.25) is 0 Å². The summed E-state index contributed by atoms with van der Waals surface area (Å²) in [4.78, 5) is 18.5. The molecule has 0 saturated carbocycles. The number of benzene rings is 1. The third-order valence-corrected chi connectivity index (χ3v) is 6.61. The lowest BCUT2D eigenvalue weighted by molar-refractivity contribution is -0.131. The lowest BCUT2D eigenvalue weighted by Gasteiger charge is -2.32. The van der Waals surface area contributed by atoms with Crippen molar-refractivity contribution < 1.29 is 9.53 Å². The standard InChI is InChI=1S/C25H34N4O2/c1-16(2)15-29-18(4)21(17(3)27-29)13-25(30)28-10-8-19(9-11-28)23-14-26-24-7-6-20(31-5)12-22(23)24/h6-7,12,14,16,19,26H,8-11,13,15H2,1-5H3. The van der Waals surface area contributed by atoms with E-state index in [0.717, 1.165) is 60.7 Å². The molecule has 6 heteroatoms. The predicted molar refractivity (Wildman–Crippen MR) is 124 cm³/mol. The van der Waals surface area contributed by atoms with E-state index < -0.39 is 0 Å². The molecule has 1 N–H and O–H groups in total. The molecule has 1 amide bonds. The molecule has 2 aromatic heterocycles. The smallest absolute Gasteiger partial charge is 0.227 e. The Morgan fingerprint density at radius 3 is 2.68 bits per heavy atom. The summed E-state index contributed by atoms with van der Waals surface area (Å²) in [5, 5.41) is 5.90. The van der Waals surface area contributed by atoms with E-state index in [2.05, 4.69) is 53.9 Å². The van der Waals surface area contributed by atoms with Crippen LogP contribution >= 0.6 is 0 Å². The fourth-order valence-electron chi connectivity index (χ4n) is 4.80. The number of likely N-dealkylation sites (tertiary alicyclic amines) is 1. The van der Waals surface area contributed by atoms with Crippen LogP contribution in [-0.4, -0.2) is 45.8 Å². The number of methoxy groups -OCH3 is 1. The number of rotatable bonds is 6. The summed E-state index contributed by atoms with van der Waals surface area (Å²) >= 11 is 0. The number of amides is 1. The van der Waals surface area contributed by atoms with Crippen molar-refractivity contribution in [3.63, 3.8) is 0 Å². The van der Waals surface area contributed by atoms with Crippen LogP contribution in [0, 0.1) is 19.8 Å². The Kier molecular flexibility index (Phi) is 6.08. The normalized spacial score (nSPS) is 15.2. The first kappa shape index (κ1) is 21.5. The third kappa shape index (κ3) is 4.34.